The molecule has 0 spiro atoms. The van der Waals surface area contributed by atoms with E-state index in [4.69, 9.17) is 0 Å². The fourth-order valence-electron chi connectivity index (χ4n) is 3.83. The highest BCUT2D eigenvalue weighted by molar-refractivity contribution is 14.0. The van der Waals surface area contributed by atoms with Crippen molar-refractivity contribution in [3.63, 3.8) is 0 Å². The van der Waals surface area contributed by atoms with Crippen molar-refractivity contribution in [1.29, 1.82) is 0 Å². The maximum atomic E-state index is 13.8. The fraction of sp³-hybridized carbons (Fsp3) is 0.619. The van der Waals surface area contributed by atoms with Crippen molar-refractivity contribution >= 4 is 35.8 Å². The predicted molar refractivity (Wildman–Crippen MR) is 125 cm³/mol. The summed E-state index contributed by atoms with van der Waals surface area (Å²) < 4.78 is 27.1. The Morgan fingerprint density at radius 2 is 1.77 bits per heavy atom. The molecule has 0 aliphatic carbocycles. The molecule has 1 N–H and O–H groups in total. The maximum absolute atomic E-state index is 13.8. The summed E-state index contributed by atoms with van der Waals surface area (Å²) in [6.45, 7) is 8.58. The van der Waals surface area contributed by atoms with E-state index in [2.05, 4.69) is 20.1 Å². The van der Waals surface area contributed by atoms with Crippen LogP contribution in [0.3, 0.4) is 0 Å². The number of nitrogens with zero attached hydrogens (tertiary/aromatic N) is 4. The molecule has 0 unspecified atom stereocenters. The van der Waals surface area contributed by atoms with Gasteiger partial charge in [-0.25, -0.2) is 8.78 Å². The zero-order valence-corrected chi connectivity index (χ0v) is 19.9. The van der Waals surface area contributed by atoms with E-state index in [0.29, 0.717) is 25.1 Å². The average Bonchev–Trinajstić information content (AvgIpc) is 3.26. The normalized spacial score (nSPS) is 17.8. The minimum atomic E-state index is -0.821. The van der Waals surface area contributed by atoms with Crippen LogP contribution in [0.4, 0.5) is 8.78 Å². The summed E-state index contributed by atoms with van der Waals surface area (Å²) in [7, 11) is 0. The van der Waals surface area contributed by atoms with Crippen LogP contribution >= 0.6 is 24.0 Å². The van der Waals surface area contributed by atoms with Gasteiger partial charge < -0.3 is 15.1 Å². The highest BCUT2D eigenvalue weighted by atomic mass is 127. The minimum Gasteiger partial charge on any atom is -0.357 e. The van der Waals surface area contributed by atoms with Gasteiger partial charge in [-0.05, 0) is 37.8 Å². The zero-order chi connectivity index (χ0) is 20.6. The molecule has 168 valence electrons. The van der Waals surface area contributed by atoms with Crippen molar-refractivity contribution in [2.45, 2.75) is 26.2 Å². The van der Waals surface area contributed by atoms with Crippen LogP contribution in [0, 0.1) is 11.6 Å². The van der Waals surface area contributed by atoms with Gasteiger partial charge in [0.05, 0.1) is 6.54 Å². The second-order valence-electron chi connectivity index (χ2n) is 7.55. The molecule has 6 nitrogen and oxygen atoms in total. The first-order valence-electron chi connectivity index (χ1n) is 10.5. The van der Waals surface area contributed by atoms with Gasteiger partial charge in [0.15, 0.2) is 17.6 Å². The van der Waals surface area contributed by atoms with Gasteiger partial charge in [0.2, 0.25) is 5.91 Å². The average molecular weight is 535 g/mol. The van der Waals surface area contributed by atoms with Gasteiger partial charge in [-0.1, -0.05) is 12.1 Å². The summed E-state index contributed by atoms with van der Waals surface area (Å²) in [5, 5.41) is 3.28. The molecule has 0 atom stereocenters. The standard InChI is InChI=1S/C21H31F2N5O.HI/c1-2-24-21(25-9-8-17-6-5-7-18(22)20(17)23)28-14-12-26(13-15-28)16-19(29)27-10-3-4-11-27;/h5-7H,2-4,8-16H2,1H3,(H,24,25);1H. The minimum absolute atomic E-state index is 0. The van der Waals surface area contributed by atoms with Gasteiger partial charge in [0.25, 0.3) is 0 Å². The number of carbonyl (C=O) groups excluding carboxylic acids is 1. The lowest BCUT2D eigenvalue weighted by molar-refractivity contribution is -0.131. The smallest absolute Gasteiger partial charge is 0.236 e. The molecular weight excluding hydrogens is 503 g/mol. The van der Waals surface area contributed by atoms with E-state index in [1.165, 1.54) is 6.07 Å². The number of likely N-dealkylation sites (tertiary alicyclic amines) is 1. The molecule has 0 aromatic heterocycles. The largest absolute Gasteiger partial charge is 0.357 e. The predicted octanol–water partition coefficient (Wildman–Crippen LogP) is 2.33. The molecule has 1 aromatic rings. The first kappa shape index (κ1) is 24.8. The van der Waals surface area contributed by atoms with E-state index in [1.54, 1.807) is 6.07 Å². The number of guanidine groups is 1. The molecule has 0 bridgehead atoms. The van der Waals surface area contributed by atoms with Gasteiger partial charge in [0, 0.05) is 52.4 Å². The van der Waals surface area contributed by atoms with E-state index < -0.39 is 11.6 Å². The fourth-order valence-corrected chi connectivity index (χ4v) is 3.83. The van der Waals surface area contributed by atoms with Gasteiger partial charge >= 0.3 is 0 Å². The van der Waals surface area contributed by atoms with Crippen molar-refractivity contribution in [3.05, 3.63) is 35.4 Å². The van der Waals surface area contributed by atoms with E-state index in [1.807, 2.05) is 11.8 Å². The Morgan fingerprint density at radius 1 is 1.07 bits per heavy atom. The Morgan fingerprint density at radius 3 is 2.43 bits per heavy atom. The molecule has 2 heterocycles. The molecule has 3 rings (SSSR count). The van der Waals surface area contributed by atoms with Gasteiger partial charge in [0.1, 0.15) is 0 Å². The van der Waals surface area contributed by atoms with Crippen LogP contribution in [0.15, 0.2) is 23.2 Å². The number of nitrogens with one attached hydrogen (secondary N) is 1. The number of hydrogen-bond acceptors (Lipinski definition) is 3. The molecule has 2 fully saturated rings. The van der Waals surface area contributed by atoms with Crippen LogP contribution in [0.5, 0.6) is 0 Å². The summed E-state index contributed by atoms with van der Waals surface area (Å²) in [5.41, 5.74) is 0.342. The van der Waals surface area contributed by atoms with E-state index in [0.717, 1.165) is 70.7 Å². The SMILES string of the molecule is CCNC(=NCCc1cccc(F)c1F)N1CCN(CC(=O)N2CCCC2)CC1.I. The number of hydrogen-bond donors (Lipinski definition) is 1. The van der Waals surface area contributed by atoms with E-state index in [-0.39, 0.29) is 29.9 Å². The monoisotopic (exact) mass is 535 g/mol. The highest BCUT2D eigenvalue weighted by Gasteiger charge is 2.24. The molecule has 2 aliphatic rings. The summed E-state index contributed by atoms with van der Waals surface area (Å²) in [6, 6.07) is 4.24. The Labute approximate surface area is 194 Å². The molecule has 0 radical (unpaired) electrons. The van der Waals surface area contributed by atoms with Crippen molar-refractivity contribution in [3.8, 4) is 0 Å². The van der Waals surface area contributed by atoms with Crippen LogP contribution in [0.25, 0.3) is 0 Å². The Kier molecular flexibility index (Phi) is 10.2. The van der Waals surface area contributed by atoms with Crippen LogP contribution in [0.2, 0.25) is 0 Å². The number of piperazine rings is 1. The van der Waals surface area contributed by atoms with Crippen molar-refractivity contribution < 1.29 is 13.6 Å². The quantitative estimate of drug-likeness (QED) is 0.346. The molecular formula is C21H32F2IN5O. The number of rotatable bonds is 6. The Bertz CT molecular complexity index is 719. The van der Waals surface area contributed by atoms with Crippen LogP contribution < -0.4 is 5.32 Å². The third-order valence-electron chi connectivity index (χ3n) is 5.50. The third-order valence-corrected chi connectivity index (χ3v) is 5.50. The van der Waals surface area contributed by atoms with Gasteiger partial charge in [-0.3, -0.25) is 14.7 Å². The lowest BCUT2D eigenvalue weighted by atomic mass is 10.1. The van der Waals surface area contributed by atoms with Gasteiger partial charge in [-0.15, -0.1) is 24.0 Å². The number of aliphatic imine (C=N–C) groups is 1. The second kappa shape index (κ2) is 12.4. The highest BCUT2D eigenvalue weighted by Crippen LogP contribution is 2.12. The van der Waals surface area contributed by atoms with Gasteiger partial charge in [-0.2, -0.15) is 0 Å². The van der Waals surface area contributed by atoms with E-state index in [9.17, 15) is 13.6 Å². The molecule has 1 aromatic carbocycles. The Balaban J connectivity index is 0.00000320. The van der Waals surface area contributed by atoms with Crippen LogP contribution in [-0.2, 0) is 11.2 Å². The van der Waals surface area contributed by atoms with Crippen molar-refractivity contribution in [2.24, 2.45) is 4.99 Å². The maximum Gasteiger partial charge on any atom is 0.236 e. The zero-order valence-electron chi connectivity index (χ0n) is 17.6. The summed E-state index contributed by atoms with van der Waals surface area (Å²) in [6.07, 6.45) is 2.58. The molecule has 9 heteroatoms. The number of benzene rings is 1. The van der Waals surface area contributed by atoms with Crippen molar-refractivity contribution in [1.82, 2.24) is 20.0 Å². The first-order valence-corrected chi connectivity index (χ1v) is 10.5. The number of carbonyl (C=O) groups is 1. The summed E-state index contributed by atoms with van der Waals surface area (Å²) in [4.78, 5) is 23.3. The van der Waals surface area contributed by atoms with Crippen LogP contribution in [-0.4, -0.2) is 85.5 Å². The molecule has 1 amide bonds. The Hall–Kier alpha value is -1.49. The molecule has 30 heavy (non-hydrogen) atoms. The number of amides is 1. The lowest BCUT2D eigenvalue weighted by Crippen LogP contribution is -2.54. The first-order chi connectivity index (χ1) is 14.1. The van der Waals surface area contributed by atoms with Crippen LogP contribution in [0.1, 0.15) is 25.3 Å². The lowest BCUT2D eigenvalue weighted by Gasteiger charge is -2.36. The third kappa shape index (κ3) is 6.76. The second-order valence-corrected chi connectivity index (χ2v) is 7.55. The summed E-state index contributed by atoms with van der Waals surface area (Å²) in [5.74, 6) is -0.592. The summed E-state index contributed by atoms with van der Waals surface area (Å²) >= 11 is 0. The topological polar surface area (TPSA) is 51.2 Å². The number of halogens is 3. The molecule has 0 saturated carbocycles. The van der Waals surface area contributed by atoms with Crippen molar-refractivity contribution in [2.75, 3.05) is 58.9 Å². The molecule has 2 saturated heterocycles. The molecule has 2 aliphatic heterocycles. The van der Waals surface area contributed by atoms with E-state index >= 15 is 0 Å².